The summed E-state index contributed by atoms with van der Waals surface area (Å²) in [5, 5.41) is 4.57. The summed E-state index contributed by atoms with van der Waals surface area (Å²) in [6.07, 6.45) is 0. The van der Waals surface area contributed by atoms with Gasteiger partial charge in [-0.25, -0.2) is 4.39 Å². The summed E-state index contributed by atoms with van der Waals surface area (Å²) in [4.78, 5) is 12.8. The van der Waals surface area contributed by atoms with Gasteiger partial charge in [-0.15, -0.1) is 11.3 Å². The zero-order valence-corrected chi connectivity index (χ0v) is 15.2. The molecule has 0 fully saturated rings. The molecule has 0 atom stereocenters. The average molecular weight is 371 g/mol. The Bertz CT molecular complexity index is 906. The number of hydrogen-bond acceptors (Lipinski definition) is 4. The maximum atomic E-state index is 13.6. The predicted molar refractivity (Wildman–Crippen MR) is 101 cm³/mol. The van der Waals surface area contributed by atoms with Crippen molar-refractivity contribution in [1.82, 2.24) is 0 Å². The first-order valence-electron chi connectivity index (χ1n) is 7.97. The summed E-state index contributed by atoms with van der Waals surface area (Å²) in [5.41, 5.74) is 1.87. The van der Waals surface area contributed by atoms with Crippen molar-refractivity contribution in [2.75, 3.05) is 12.4 Å². The second-order valence-electron chi connectivity index (χ2n) is 5.70. The molecule has 1 heterocycles. The third-order valence-electron chi connectivity index (χ3n) is 3.77. The van der Waals surface area contributed by atoms with Crippen molar-refractivity contribution in [3.05, 3.63) is 75.7 Å². The number of methoxy groups -OCH3 is 1. The maximum absolute atomic E-state index is 13.6. The Balaban J connectivity index is 1.59. The van der Waals surface area contributed by atoms with E-state index in [0.29, 0.717) is 22.7 Å². The normalized spacial score (nSPS) is 10.4. The summed E-state index contributed by atoms with van der Waals surface area (Å²) < 4.78 is 24.4. The van der Waals surface area contributed by atoms with E-state index in [2.05, 4.69) is 5.32 Å². The second-order valence-corrected chi connectivity index (χ2v) is 6.61. The van der Waals surface area contributed by atoms with Crippen molar-refractivity contribution < 1.29 is 18.7 Å². The van der Waals surface area contributed by atoms with Crippen molar-refractivity contribution in [1.29, 1.82) is 0 Å². The quantitative estimate of drug-likeness (QED) is 0.661. The van der Waals surface area contributed by atoms with Gasteiger partial charge in [0.25, 0.3) is 5.91 Å². The van der Waals surface area contributed by atoms with Crippen LogP contribution in [0.15, 0.2) is 53.9 Å². The third-order valence-corrected chi connectivity index (χ3v) is 4.75. The molecule has 3 rings (SSSR count). The molecule has 6 heteroatoms. The van der Waals surface area contributed by atoms with E-state index in [-0.39, 0.29) is 11.7 Å². The van der Waals surface area contributed by atoms with Gasteiger partial charge in [0.2, 0.25) is 0 Å². The molecule has 134 valence electrons. The number of carbonyl (C=O) groups is 1. The molecule has 0 bridgehead atoms. The lowest BCUT2D eigenvalue weighted by molar-refractivity contribution is 0.103. The summed E-state index contributed by atoms with van der Waals surface area (Å²) >= 11 is 1.32. The molecule has 0 spiro atoms. The Hall–Kier alpha value is -2.86. The maximum Gasteiger partial charge on any atom is 0.265 e. The van der Waals surface area contributed by atoms with E-state index in [4.69, 9.17) is 9.47 Å². The molecule has 1 aromatic heterocycles. The number of nitrogens with one attached hydrogen (secondary N) is 1. The van der Waals surface area contributed by atoms with Crippen LogP contribution >= 0.6 is 11.3 Å². The van der Waals surface area contributed by atoms with Gasteiger partial charge in [0.15, 0.2) is 0 Å². The number of halogens is 1. The molecule has 0 saturated carbocycles. The van der Waals surface area contributed by atoms with E-state index in [1.165, 1.54) is 17.4 Å². The molecule has 0 aliphatic carbocycles. The van der Waals surface area contributed by atoms with Gasteiger partial charge in [0.1, 0.15) is 23.9 Å². The molecule has 4 nitrogen and oxygen atoms in total. The fraction of sp³-hybridized carbons (Fsp3) is 0.150. The van der Waals surface area contributed by atoms with Crippen LogP contribution in [0.5, 0.6) is 11.5 Å². The lowest BCUT2D eigenvalue weighted by Crippen LogP contribution is -2.10. The van der Waals surface area contributed by atoms with Crippen molar-refractivity contribution >= 4 is 22.9 Å². The van der Waals surface area contributed by atoms with E-state index in [1.807, 2.05) is 29.6 Å². The minimum atomic E-state index is -0.345. The van der Waals surface area contributed by atoms with Gasteiger partial charge < -0.3 is 14.8 Å². The molecule has 0 radical (unpaired) electrons. The van der Waals surface area contributed by atoms with Crippen LogP contribution in [0.4, 0.5) is 10.1 Å². The smallest absolute Gasteiger partial charge is 0.265 e. The van der Waals surface area contributed by atoms with E-state index in [0.717, 1.165) is 17.1 Å². The fourth-order valence-corrected chi connectivity index (χ4v) is 3.06. The van der Waals surface area contributed by atoms with Crippen molar-refractivity contribution in [3.63, 3.8) is 0 Å². The molecular formula is C20H18FNO3S. The van der Waals surface area contributed by atoms with Gasteiger partial charge in [-0.2, -0.15) is 0 Å². The van der Waals surface area contributed by atoms with Crippen molar-refractivity contribution in [3.8, 4) is 11.5 Å². The van der Waals surface area contributed by atoms with E-state index in [1.54, 1.807) is 32.2 Å². The van der Waals surface area contributed by atoms with Gasteiger partial charge in [-0.3, -0.25) is 4.79 Å². The molecule has 0 unspecified atom stereocenters. The first kappa shape index (κ1) is 17.9. The molecule has 0 saturated heterocycles. The molecule has 1 amide bonds. The van der Waals surface area contributed by atoms with Crippen molar-refractivity contribution in [2.24, 2.45) is 0 Å². The zero-order valence-electron chi connectivity index (χ0n) is 14.4. The van der Waals surface area contributed by atoms with Gasteiger partial charge in [-0.1, -0.05) is 6.07 Å². The molecule has 2 aromatic carbocycles. The molecule has 0 aliphatic heterocycles. The predicted octanol–water partition coefficient (Wildman–Crippen LogP) is 5.04. The van der Waals surface area contributed by atoms with Crippen LogP contribution in [0.25, 0.3) is 0 Å². The Morgan fingerprint density at radius 3 is 2.54 bits per heavy atom. The van der Waals surface area contributed by atoms with Gasteiger partial charge in [0, 0.05) is 11.3 Å². The highest BCUT2D eigenvalue weighted by Crippen LogP contribution is 2.21. The summed E-state index contributed by atoms with van der Waals surface area (Å²) in [6, 6.07) is 13.7. The SMILES string of the molecule is COc1ccc(OCc2csc(C(=O)Nc3ccc(C)c(F)c3)c2)cc1. The number of carbonyl (C=O) groups excluding carboxylic acids is 1. The number of thiophene rings is 1. The minimum absolute atomic E-state index is 0.269. The summed E-state index contributed by atoms with van der Waals surface area (Å²) in [6.45, 7) is 2.03. The molecule has 1 N–H and O–H groups in total. The number of rotatable bonds is 6. The summed E-state index contributed by atoms with van der Waals surface area (Å²) in [5.74, 6) is 0.869. The van der Waals surface area contributed by atoms with Gasteiger partial charge in [0.05, 0.1) is 12.0 Å². The van der Waals surface area contributed by atoms with Crippen LogP contribution in [-0.2, 0) is 6.61 Å². The third kappa shape index (κ3) is 4.40. The number of ether oxygens (including phenoxy) is 2. The minimum Gasteiger partial charge on any atom is -0.497 e. The Morgan fingerprint density at radius 1 is 1.12 bits per heavy atom. The standard InChI is InChI=1S/C20H18FNO3S/c1-13-3-4-15(10-18(13)21)22-20(23)19-9-14(12-26-19)11-25-17-7-5-16(24-2)6-8-17/h3-10,12H,11H2,1-2H3,(H,22,23). The van der Waals surface area contributed by atoms with Crippen molar-refractivity contribution in [2.45, 2.75) is 13.5 Å². The highest BCUT2D eigenvalue weighted by molar-refractivity contribution is 7.12. The summed E-state index contributed by atoms with van der Waals surface area (Å²) in [7, 11) is 1.61. The van der Waals surface area contributed by atoms with Gasteiger partial charge in [-0.05, 0) is 60.3 Å². The molecule has 26 heavy (non-hydrogen) atoms. The molecular weight excluding hydrogens is 353 g/mol. The van der Waals surface area contributed by atoms with E-state index >= 15 is 0 Å². The topological polar surface area (TPSA) is 47.6 Å². The van der Waals surface area contributed by atoms with E-state index in [9.17, 15) is 9.18 Å². The number of amides is 1. The highest BCUT2D eigenvalue weighted by Gasteiger charge is 2.11. The van der Waals surface area contributed by atoms with Crippen LogP contribution in [0.1, 0.15) is 20.8 Å². The largest absolute Gasteiger partial charge is 0.497 e. The molecule has 3 aromatic rings. The number of anilines is 1. The first-order valence-corrected chi connectivity index (χ1v) is 8.85. The monoisotopic (exact) mass is 371 g/mol. The Morgan fingerprint density at radius 2 is 1.85 bits per heavy atom. The highest BCUT2D eigenvalue weighted by atomic mass is 32.1. The van der Waals surface area contributed by atoms with Crippen LogP contribution in [0, 0.1) is 12.7 Å². The van der Waals surface area contributed by atoms with Crippen LogP contribution in [0.2, 0.25) is 0 Å². The lowest BCUT2D eigenvalue weighted by atomic mass is 10.2. The van der Waals surface area contributed by atoms with E-state index < -0.39 is 0 Å². The molecule has 0 aliphatic rings. The van der Waals surface area contributed by atoms with Crippen LogP contribution in [-0.4, -0.2) is 13.0 Å². The number of hydrogen-bond donors (Lipinski definition) is 1. The number of benzene rings is 2. The first-order chi connectivity index (χ1) is 12.5. The lowest BCUT2D eigenvalue weighted by Gasteiger charge is -2.06. The second kappa shape index (κ2) is 8.01. The average Bonchev–Trinajstić information content (AvgIpc) is 3.13. The Labute approximate surface area is 155 Å². The van der Waals surface area contributed by atoms with Crippen LogP contribution < -0.4 is 14.8 Å². The van der Waals surface area contributed by atoms with Crippen LogP contribution in [0.3, 0.4) is 0 Å². The van der Waals surface area contributed by atoms with Gasteiger partial charge >= 0.3 is 0 Å². The Kier molecular flexibility index (Phi) is 5.53. The zero-order chi connectivity index (χ0) is 18.5. The number of aryl methyl sites for hydroxylation is 1. The fourth-order valence-electron chi connectivity index (χ4n) is 2.27.